The first kappa shape index (κ1) is 28.3. The van der Waals surface area contributed by atoms with Gasteiger partial charge in [-0.05, 0) is 31.9 Å². The number of ether oxygens (including phenoxy) is 4. The Morgan fingerprint density at radius 1 is 1.31 bits per heavy atom. The van der Waals surface area contributed by atoms with Gasteiger partial charge in [0.25, 0.3) is 5.79 Å². The molecule has 0 radical (unpaired) electrons. The molecule has 0 aromatic heterocycles. The van der Waals surface area contributed by atoms with Gasteiger partial charge < -0.3 is 39.6 Å². The van der Waals surface area contributed by atoms with Gasteiger partial charge in [0.05, 0.1) is 38.5 Å². The summed E-state index contributed by atoms with van der Waals surface area (Å²) in [5.74, 6) is -3.18. The van der Waals surface area contributed by atoms with E-state index in [1.165, 1.54) is 0 Å². The predicted molar refractivity (Wildman–Crippen MR) is 121 cm³/mol. The summed E-state index contributed by atoms with van der Waals surface area (Å²) in [6.07, 6.45) is -7.97. The second kappa shape index (κ2) is 12.2. The molecule has 1 amide bonds. The molecule has 1 aromatic carbocycles. The van der Waals surface area contributed by atoms with E-state index >= 15 is 0 Å². The van der Waals surface area contributed by atoms with Crippen LogP contribution < -0.4 is 5.32 Å². The van der Waals surface area contributed by atoms with Crippen molar-refractivity contribution in [3.05, 3.63) is 46.3 Å². The number of aliphatic hydroxyl groups excluding tert-OH is 3. The molecule has 1 aliphatic heterocycles. The Hall–Kier alpha value is -2.93. The molecule has 35 heavy (non-hydrogen) atoms. The fraction of sp³-hybridized carbons (Fsp3) is 0.636. The molecule has 0 spiro atoms. The number of nitrogens with zero attached hydrogens (tertiary/aromatic N) is 3. The highest BCUT2D eigenvalue weighted by atomic mass is 16.7. The summed E-state index contributed by atoms with van der Waals surface area (Å²) >= 11 is 0. The van der Waals surface area contributed by atoms with Gasteiger partial charge in [-0.3, -0.25) is 0 Å². The fourth-order valence-electron chi connectivity index (χ4n) is 3.53. The molecule has 1 heterocycles. The molecule has 13 nitrogen and oxygen atoms in total. The fourth-order valence-corrected chi connectivity index (χ4v) is 3.53. The van der Waals surface area contributed by atoms with E-state index in [1.807, 2.05) is 0 Å². The molecule has 1 aromatic rings. The molecule has 0 unspecified atom stereocenters. The number of benzene rings is 1. The topological polar surface area (TPSA) is 193 Å². The van der Waals surface area contributed by atoms with Gasteiger partial charge in [0.2, 0.25) is 0 Å². The molecule has 1 saturated heterocycles. The number of hydrogen-bond donors (Lipinski definition) is 4. The minimum atomic E-state index is -2.18. The summed E-state index contributed by atoms with van der Waals surface area (Å²) in [6.45, 7) is 4.25. The van der Waals surface area contributed by atoms with Crippen molar-refractivity contribution in [3.63, 3.8) is 0 Å². The van der Waals surface area contributed by atoms with Crippen LogP contribution in [0.15, 0.2) is 35.4 Å². The van der Waals surface area contributed by atoms with Crippen LogP contribution in [0, 0.1) is 0 Å². The standard InChI is InChI=1S/C22H32N4O9/c1-21(2,3)35-20(31)25-16-14(27)10-22(19(30)32-4,33-12-13-8-6-5-7-9-13)34-18(16)17(29)15(28)11-24-26-23/h5-9,14-18,27-29H,10-12H2,1-4H3,(H,25,31)/t14-,15+,16+,17+,18+,22+/m0/s1. The summed E-state index contributed by atoms with van der Waals surface area (Å²) in [4.78, 5) is 27.7. The van der Waals surface area contributed by atoms with Gasteiger partial charge in [0.15, 0.2) is 0 Å². The van der Waals surface area contributed by atoms with Crippen LogP contribution in [0.5, 0.6) is 0 Å². The maximum Gasteiger partial charge on any atom is 0.408 e. The van der Waals surface area contributed by atoms with E-state index in [4.69, 9.17) is 24.5 Å². The van der Waals surface area contributed by atoms with Gasteiger partial charge in [-0.2, -0.15) is 0 Å². The molecule has 0 bridgehead atoms. The van der Waals surface area contributed by atoms with E-state index in [9.17, 15) is 24.9 Å². The van der Waals surface area contributed by atoms with E-state index in [-0.39, 0.29) is 6.61 Å². The molecular formula is C22H32N4O9. The highest BCUT2D eigenvalue weighted by molar-refractivity contribution is 5.78. The average molecular weight is 497 g/mol. The number of rotatable bonds is 9. The lowest BCUT2D eigenvalue weighted by molar-refractivity contribution is -0.315. The monoisotopic (exact) mass is 496 g/mol. The van der Waals surface area contributed by atoms with Gasteiger partial charge in [-0.1, -0.05) is 35.4 Å². The van der Waals surface area contributed by atoms with Crippen LogP contribution in [0.1, 0.15) is 32.8 Å². The highest BCUT2D eigenvalue weighted by Gasteiger charge is 2.56. The van der Waals surface area contributed by atoms with E-state index in [1.54, 1.807) is 51.1 Å². The first-order valence-electron chi connectivity index (χ1n) is 10.9. The predicted octanol–water partition coefficient (Wildman–Crippen LogP) is 1.15. The lowest BCUT2D eigenvalue weighted by Gasteiger charge is -2.47. The van der Waals surface area contributed by atoms with E-state index < -0.39 is 66.9 Å². The second-order valence-corrected chi connectivity index (χ2v) is 9.02. The number of carbonyl (C=O) groups excluding carboxylic acids is 2. The Bertz CT molecular complexity index is 904. The molecule has 0 saturated carbocycles. The lowest BCUT2D eigenvalue weighted by atomic mass is 9.88. The molecule has 6 atom stereocenters. The van der Waals surface area contributed by atoms with E-state index in [0.29, 0.717) is 5.56 Å². The van der Waals surface area contributed by atoms with Crippen LogP contribution in [0.4, 0.5) is 4.79 Å². The number of alkyl carbamates (subject to hydrolysis) is 1. The molecule has 2 rings (SSSR count). The first-order valence-corrected chi connectivity index (χ1v) is 10.9. The average Bonchev–Trinajstić information content (AvgIpc) is 2.81. The zero-order valence-corrected chi connectivity index (χ0v) is 20.0. The number of azide groups is 1. The van der Waals surface area contributed by atoms with Crippen LogP contribution in [-0.2, 0) is 30.3 Å². The van der Waals surface area contributed by atoms with Crippen molar-refractivity contribution in [3.8, 4) is 0 Å². The molecule has 194 valence electrons. The van der Waals surface area contributed by atoms with Gasteiger partial charge in [-0.15, -0.1) is 0 Å². The van der Waals surface area contributed by atoms with Crippen LogP contribution in [-0.4, -0.2) is 82.9 Å². The normalized spacial score (nSPS) is 26.1. The minimum absolute atomic E-state index is 0.114. The number of carbonyl (C=O) groups is 2. The van der Waals surface area contributed by atoms with Crippen molar-refractivity contribution in [1.29, 1.82) is 0 Å². The van der Waals surface area contributed by atoms with Gasteiger partial charge >= 0.3 is 12.1 Å². The molecule has 13 heteroatoms. The van der Waals surface area contributed by atoms with Crippen LogP contribution in [0.25, 0.3) is 10.4 Å². The number of nitrogens with one attached hydrogen (secondary N) is 1. The smallest absolute Gasteiger partial charge is 0.408 e. The molecular weight excluding hydrogens is 464 g/mol. The summed E-state index contributed by atoms with van der Waals surface area (Å²) in [5, 5.41) is 37.7. The van der Waals surface area contributed by atoms with Gasteiger partial charge in [0, 0.05) is 11.3 Å². The van der Waals surface area contributed by atoms with Crippen LogP contribution in [0.2, 0.25) is 0 Å². The highest BCUT2D eigenvalue weighted by Crippen LogP contribution is 2.35. The zero-order valence-electron chi connectivity index (χ0n) is 20.0. The summed E-state index contributed by atoms with van der Waals surface area (Å²) < 4.78 is 21.7. The van der Waals surface area contributed by atoms with E-state index in [2.05, 4.69) is 15.3 Å². The maximum atomic E-state index is 12.8. The van der Waals surface area contributed by atoms with Gasteiger partial charge in [-0.25, -0.2) is 9.59 Å². The Kier molecular flexibility index (Phi) is 9.83. The quantitative estimate of drug-likeness (QED) is 0.168. The Morgan fingerprint density at radius 3 is 2.54 bits per heavy atom. The van der Waals surface area contributed by atoms with Crippen molar-refractivity contribution in [2.75, 3.05) is 13.7 Å². The lowest BCUT2D eigenvalue weighted by Crippen LogP contribution is -2.68. The van der Waals surface area contributed by atoms with Crippen molar-refractivity contribution >= 4 is 12.1 Å². The largest absolute Gasteiger partial charge is 0.465 e. The van der Waals surface area contributed by atoms with Crippen molar-refractivity contribution in [2.24, 2.45) is 5.11 Å². The number of methoxy groups -OCH3 is 1. The number of esters is 1. The third-order valence-corrected chi connectivity index (χ3v) is 5.13. The Morgan fingerprint density at radius 2 is 1.97 bits per heavy atom. The third-order valence-electron chi connectivity index (χ3n) is 5.13. The summed E-state index contributed by atoms with van der Waals surface area (Å²) in [6, 6.07) is 7.47. The molecule has 0 aliphatic carbocycles. The Balaban J connectivity index is 2.38. The minimum Gasteiger partial charge on any atom is -0.465 e. The second-order valence-electron chi connectivity index (χ2n) is 9.02. The molecule has 4 N–H and O–H groups in total. The third kappa shape index (κ3) is 7.79. The first-order chi connectivity index (χ1) is 16.4. The van der Waals surface area contributed by atoms with E-state index in [0.717, 1.165) is 7.11 Å². The van der Waals surface area contributed by atoms with Gasteiger partial charge in [0.1, 0.15) is 17.8 Å². The molecule has 1 aliphatic rings. The SMILES string of the molecule is COC(=O)[C@@]1(OCc2ccccc2)C[C@H](O)[C@@H](NC(=O)OC(C)(C)C)[C@H]([C@H](O)[C@H](O)CN=[N+]=[N-])O1. The Labute approximate surface area is 202 Å². The van der Waals surface area contributed by atoms with Crippen LogP contribution >= 0.6 is 0 Å². The van der Waals surface area contributed by atoms with Crippen molar-refractivity contribution in [2.45, 2.75) is 75.6 Å². The number of amides is 1. The maximum absolute atomic E-state index is 12.8. The molecule has 1 fully saturated rings. The van der Waals surface area contributed by atoms with Crippen molar-refractivity contribution in [1.82, 2.24) is 5.32 Å². The summed E-state index contributed by atoms with van der Waals surface area (Å²) in [7, 11) is 1.10. The van der Waals surface area contributed by atoms with Crippen molar-refractivity contribution < 1.29 is 43.9 Å². The zero-order chi connectivity index (χ0) is 26.2. The number of aliphatic hydroxyl groups is 3. The number of hydrogen-bond acceptors (Lipinski definition) is 10. The van der Waals surface area contributed by atoms with Crippen LogP contribution in [0.3, 0.4) is 0 Å². The summed E-state index contributed by atoms with van der Waals surface area (Å²) in [5.41, 5.74) is 8.35.